The molecule has 3 aromatic rings. The Morgan fingerprint density at radius 1 is 1.13 bits per heavy atom. The third kappa shape index (κ3) is 7.67. The number of aromatic nitrogens is 2. The van der Waals surface area contributed by atoms with E-state index in [1.165, 1.54) is 0 Å². The Labute approximate surface area is 233 Å². The largest absolute Gasteiger partial charge is 0.474 e. The molecule has 2 saturated heterocycles. The number of benzene rings is 2. The molecule has 5 rings (SSSR count). The topological polar surface area (TPSA) is 93.0 Å². The number of hydrogen-bond donors (Lipinski definition) is 2. The first-order valence-corrected chi connectivity index (χ1v) is 13.5. The minimum absolute atomic E-state index is 0.0301. The molecular formula is C29H31ClN6O3. The van der Waals surface area contributed by atoms with E-state index in [0.717, 1.165) is 50.2 Å². The molecule has 1 aromatic heterocycles. The van der Waals surface area contributed by atoms with Crippen molar-refractivity contribution in [2.24, 2.45) is 0 Å². The summed E-state index contributed by atoms with van der Waals surface area (Å²) < 4.78 is 11.6. The number of piperidine rings is 1. The van der Waals surface area contributed by atoms with Gasteiger partial charge in [0.15, 0.2) is 5.69 Å². The summed E-state index contributed by atoms with van der Waals surface area (Å²) in [6, 6.07) is 14.7. The Balaban J connectivity index is 1.09. The molecule has 0 unspecified atom stereocenters. The van der Waals surface area contributed by atoms with E-state index in [0.29, 0.717) is 41.1 Å². The van der Waals surface area contributed by atoms with Crippen molar-refractivity contribution in [3.05, 3.63) is 82.6 Å². The van der Waals surface area contributed by atoms with Gasteiger partial charge in [0, 0.05) is 49.9 Å². The van der Waals surface area contributed by atoms with Crippen LogP contribution in [0.15, 0.2) is 54.7 Å². The summed E-state index contributed by atoms with van der Waals surface area (Å²) in [5.41, 5.74) is 2.97. The Morgan fingerprint density at radius 3 is 2.64 bits per heavy atom. The highest BCUT2D eigenvalue weighted by atomic mass is 35.5. The fourth-order valence-electron chi connectivity index (χ4n) is 4.59. The quantitative estimate of drug-likeness (QED) is 0.347. The highest BCUT2D eigenvalue weighted by Crippen LogP contribution is 2.28. The number of ether oxygens (including phenoxy) is 2. The zero-order chi connectivity index (χ0) is 27.0. The van der Waals surface area contributed by atoms with Crippen LogP contribution in [0.25, 0.3) is 4.85 Å². The van der Waals surface area contributed by atoms with E-state index in [9.17, 15) is 4.79 Å². The lowest BCUT2D eigenvalue weighted by atomic mass is 10.1. The second-order valence-corrected chi connectivity index (χ2v) is 10.2. The molecule has 2 fully saturated rings. The Hall–Kier alpha value is -3.71. The molecule has 1 amide bonds. The van der Waals surface area contributed by atoms with Gasteiger partial charge in [-0.25, -0.2) is 9.83 Å². The van der Waals surface area contributed by atoms with E-state index in [4.69, 9.17) is 27.6 Å². The SMILES string of the molecule is [C-]#[N+]c1ccc(NC[C@@H]2CCO2)c(NC(=O)CN2CCC(Oc3ccnc(Cc4ccc(Cl)cc4)n3)CC2)c1. The van der Waals surface area contributed by atoms with Gasteiger partial charge in [-0.3, -0.25) is 9.69 Å². The molecule has 0 spiro atoms. The van der Waals surface area contributed by atoms with Crippen molar-refractivity contribution in [2.45, 2.75) is 37.9 Å². The van der Waals surface area contributed by atoms with E-state index >= 15 is 0 Å². The lowest BCUT2D eigenvalue weighted by molar-refractivity contribution is -0.117. The highest BCUT2D eigenvalue weighted by Gasteiger charge is 2.23. The third-order valence-electron chi connectivity index (χ3n) is 6.86. The monoisotopic (exact) mass is 546 g/mol. The maximum absolute atomic E-state index is 12.9. The average Bonchev–Trinajstić information content (AvgIpc) is 2.91. The van der Waals surface area contributed by atoms with Crippen LogP contribution in [0.2, 0.25) is 5.02 Å². The number of rotatable bonds is 10. The molecule has 0 bridgehead atoms. The van der Waals surface area contributed by atoms with Crippen LogP contribution in [-0.2, 0) is 16.0 Å². The van der Waals surface area contributed by atoms with Gasteiger partial charge in [0.2, 0.25) is 11.8 Å². The smallest absolute Gasteiger partial charge is 0.238 e. The van der Waals surface area contributed by atoms with Gasteiger partial charge in [0.25, 0.3) is 0 Å². The van der Waals surface area contributed by atoms with Crippen LogP contribution in [0.5, 0.6) is 5.88 Å². The molecule has 39 heavy (non-hydrogen) atoms. The first-order chi connectivity index (χ1) is 19.0. The van der Waals surface area contributed by atoms with Crippen molar-refractivity contribution >= 4 is 34.6 Å². The number of amides is 1. The number of anilines is 2. The van der Waals surface area contributed by atoms with Crippen molar-refractivity contribution < 1.29 is 14.3 Å². The van der Waals surface area contributed by atoms with Gasteiger partial charge in [-0.15, -0.1) is 0 Å². The molecule has 10 heteroatoms. The Morgan fingerprint density at radius 2 is 1.92 bits per heavy atom. The van der Waals surface area contributed by atoms with Crippen molar-refractivity contribution in [1.29, 1.82) is 0 Å². The summed E-state index contributed by atoms with van der Waals surface area (Å²) in [7, 11) is 0. The van der Waals surface area contributed by atoms with Crippen LogP contribution in [0, 0.1) is 6.57 Å². The van der Waals surface area contributed by atoms with Crippen molar-refractivity contribution in [3.8, 4) is 5.88 Å². The summed E-state index contributed by atoms with van der Waals surface area (Å²) in [4.78, 5) is 27.4. The fraction of sp³-hybridized carbons (Fsp3) is 0.379. The zero-order valence-electron chi connectivity index (χ0n) is 21.6. The van der Waals surface area contributed by atoms with Gasteiger partial charge < -0.3 is 20.1 Å². The molecule has 2 aliphatic rings. The molecule has 2 N–H and O–H groups in total. The third-order valence-corrected chi connectivity index (χ3v) is 7.12. The van der Waals surface area contributed by atoms with Gasteiger partial charge in [0.1, 0.15) is 11.9 Å². The normalized spacial score (nSPS) is 17.6. The van der Waals surface area contributed by atoms with Crippen LogP contribution < -0.4 is 15.4 Å². The molecular weight excluding hydrogens is 516 g/mol. The summed E-state index contributed by atoms with van der Waals surface area (Å²) in [5, 5.41) is 7.03. The molecule has 202 valence electrons. The number of carbonyl (C=O) groups is 1. The van der Waals surface area contributed by atoms with Crippen LogP contribution in [0.3, 0.4) is 0 Å². The number of carbonyl (C=O) groups excluding carboxylic acids is 1. The summed E-state index contributed by atoms with van der Waals surface area (Å²) in [5.74, 6) is 1.15. The molecule has 9 nitrogen and oxygen atoms in total. The Kier molecular flexibility index (Phi) is 8.89. The first kappa shape index (κ1) is 26.9. The van der Waals surface area contributed by atoms with Crippen LogP contribution in [-0.4, -0.2) is 65.8 Å². The first-order valence-electron chi connectivity index (χ1n) is 13.2. The van der Waals surface area contributed by atoms with Gasteiger partial charge in [0.05, 0.1) is 30.6 Å². The second-order valence-electron chi connectivity index (χ2n) is 9.76. The predicted octanol–water partition coefficient (Wildman–Crippen LogP) is 4.95. The van der Waals surface area contributed by atoms with Gasteiger partial charge in [-0.1, -0.05) is 29.8 Å². The molecule has 3 heterocycles. The van der Waals surface area contributed by atoms with E-state index < -0.39 is 0 Å². The summed E-state index contributed by atoms with van der Waals surface area (Å²) in [6.45, 7) is 10.5. The van der Waals surface area contributed by atoms with Gasteiger partial charge in [-0.05, 0) is 49.1 Å². The average molecular weight is 547 g/mol. The van der Waals surface area contributed by atoms with E-state index in [1.54, 1.807) is 24.4 Å². The van der Waals surface area contributed by atoms with Crippen molar-refractivity contribution in [2.75, 3.05) is 43.4 Å². The Bertz CT molecular complexity index is 1320. The van der Waals surface area contributed by atoms with Gasteiger partial charge in [-0.2, -0.15) is 4.98 Å². The molecule has 2 aliphatic heterocycles. The van der Waals surface area contributed by atoms with Crippen molar-refractivity contribution in [3.63, 3.8) is 0 Å². The van der Waals surface area contributed by atoms with Gasteiger partial charge >= 0.3 is 0 Å². The van der Waals surface area contributed by atoms with Crippen LogP contribution in [0.4, 0.5) is 17.1 Å². The molecule has 0 saturated carbocycles. The molecule has 0 radical (unpaired) electrons. The lowest BCUT2D eigenvalue weighted by Gasteiger charge is -2.31. The van der Waals surface area contributed by atoms with Crippen LogP contribution in [0.1, 0.15) is 30.7 Å². The van der Waals surface area contributed by atoms with Crippen LogP contribution >= 0.6 is 11.6 Å². The van der Waals surface area contributed by atoms with Crippen molar-refractivity contribution in [1.82, 2.24) is 14.9 Å². The fourth-order valence-corrected chi connectivity index (χ4v) is 4.72. The number of nitrogens with one attached hydrogen (secondary N) is 2. The molecule has 0 aliphatic carbocycles. The molecule has 1 atom stereocenters. The number of hydrogen-bond acceptors (Lipinski definition) is 7. The van der Waals surface area contributed by atoms with E-state index in [1.807, 2.05) is 30.3 Å². The minimum Gasteiger partial charge on any atom is -0.474 e. The zero-order valence-corrected chi connectivity index (χ0v) is 22.4. The van der Waals surface area contributed by atoms with E-state index in [2.05, 4.69) is 30.3 Å². The minimum atomic E-state index is -0.109. The summed E-state index contributed by atoms with van der Waals surface area (Å²) in [6.07, 6.45) is 5.16. The maximum atomic E-state index is 12.9. The molecule has 2 aromatic carbocycles. The number of likely N-dealkylation sites (tertiary alicyclic amines) is 1. The van der Waals surface area contributed by atoms with E-state index in [-0.39, 0.29) is 24.7 Å². The number of halogens is 1. The maximum Gasteiger partial charge on any atom is 0.238 e. The number of nitrogens with zero attached hydrogens (tertiary/aromatic N) is 4. The highest BCUT2D eigenvalue weighted by molar-refractivity contribution is 6.30. The predicted molar refractivity (Wildman–Crippen MR) is 151 cm³/mol. The second kappa shape index (κ2) is 12.9. The summed E-state index contributed by atoms with van der Waals surface area (Å²) >= 11 is 5.97. The standard InChI is InChI=1S/C29H31ClN6O3/c1-31-22-6-7-25(33-18-24-11-15-38-24)26(17-22)34-28(37)19-36-13-9-23(10-14-36)39-29-8-12-32-27(35-29)16-20-2-4-21(30)5-3-20/h2-8,12,17,23-24,33H,9-11,13-16,18-19H2,(H,34,37)/t24-/m0/s1. The lowest BCUT2D eigenvalue weighted by Crippen LogP contribution is -2.42.